The Morgan fingerprint density at radius 2 is 2.38 bits per heavy atom. The zero-order valence-corrected chi connectivity index (χ0v) is 10.1. The molecule has 1 saturated heterocycles. The fraction of sp³-hybridized carbons (Fsp3) is 0.909. The third kappa shape index (κ3) is 4.92. The maximum atomic E-state index is 10.7. The van der Waals surface area contributed by atoms with Gasteiger partial charge in [0.15, 0.2) is 0 Å². The van der Waals surface area contributed by atoms with Crippen molar-refractivity contribution in [1.82, 2.24) is 10.2 Å². The molecule has 1 aliphatic rings. The predicted octanol–water partition coefficient (Wildman–Crippen LogP) is 0.160. The Morgan fingerprint density at radius 1 is 1.62 bits per heavy atom. The molecule has 2 atom stereocenters. The minimum Gasteiger partial charge on any atom is -0.481 e. The third-order valence-electron chi connectivity index (χ3n) is 2.91. The molecule has 0 aliphatic carbocycles. The minimum atomic E-state index is -0.738. The van der Waals surface area contributed by atoms with E-state index in [2.05, 4.69) is 17.1 Å². The first-order valence-electron chi connectivity index (χ1n) is 5.81. The predicted molar refractivity (Wildman–Crippen MR) is 61.6 cm³/mol. The summed E-state index contributed by atoms with van der Waals surface area (Å²) in [7, 11) is 1.69. The van der Waals surface area contributed by atoms with Gasteiger partial charge in [-0.15, -0.1) is 0 Å². The summed E-state index contributed by atoms with van der Waals surface area (Å²) in [5, 5.41) is 12.2. The molecule has 1 aliphatic heterocycles. The van der Waals surface area contributed by atoms with Gasteiger partial charge in [-0.05, 0) is 19.9 Å². The van der Waals surface area contributed by atoms with Gasteiger partial charge in [0.05, 0.1) is 13.0 Å². The van der Waals surface area contributed by atoms with Crippen LogP contribution in [0, 0.1) is 0 Å². The van der Waals surface area contributed by atoms with Gasteiger partial charge in [0.2, 0.25) is 0 Å². The van der Waals surface area contributed by atoms with E-state index in [0.29, 0.717) is 12.6 Å². The zero-order valence-electron chi connectivity index (χ0n) is 10.1. The van der Waals surface area contributed by atoms with Gasteiger partial charge < -0.3 is 15.2 Å². The van der Waals surface area contributed by atoms with Gasteiger partial charge in [0.1, 0.15) is 0 Å². The number of nitrogens with one attached hydrogen (secondary N) is 1. The van der Waals surface area contributed by atoms with Crippen LogP contribution in [-0.4, -0.2) is 61.4 Å². The van der Waals surface area contributed by atoms with E-state index < -0.39 is 5.97 Å². The highest BCUT2D eigenvalue weighted by atomic mass is 16.5. The number of hydrogen-bond donors (Lipinski definition) is 2. The van der Waals surface area contributed by atoms with Crippen molar-refractivity contribution < 1.29 is 14.6 Å². The molecule has 1 fully saturated rings. The molecule has 0 radical (unpaired) electrons. The van der Waals surface area contributed by atoms with Crippen molar-refractivity contribution in [3.8, 4) is 0 Å². The highest BCUT2D eigenvalue weighted by Crippen LogP contribution is 2.07. The van der Waals surface area contributed by atoms with Crippen molar-refractivity contribution in [2.24, 2.45) is 0 Å². The first kappa shape index (κ1) is 13.4. The highest BCUT2D eigenvalue weighted by Gasteiger charge is 2.22. The Balaban J connectivity index is 2.45. The summed E-state index contributed by atoms with van der Waals surface area (Å²) in [5.74, 6) is -0.738. The number of rotatable bonds is 5. The van der Waals surface area contributed by atoms with Crippen LogP contribution < -0.4 is 5.32 Å². The van der Waals surface area contributed by atoms with Crippen LogP contribution in [0.4, 0.5) is 0 Å². The van der Waals surface area contributed by atoms with Gasteiger partial charge in [-0.25, -0.2) is 0 Å². The van der Waals surface area contributed by atoms with Crippen LogP contribution >= 0.6 is 0 Å². The average molecular weight is 230 g/mol. The van der Waals surface area contributed by atoms with Crippen molar-refractivity contribution in [3.63, 3.8) is 0 Å². The molecule has 0 amide bonds. The van der Waals surface area contributed by atoms with Crippen LogP contribution in [0.1, 0.15) is 19.8 Å². The quantitative estimate of drug-likeness (QED) is 0.704. The van der Waals surface area contributed by atoms with E-state index in [1.54, 1.807) is 7.11 Å². The van der Waals surface area contributed by atoms with Crippen LogP contribution in [0.3, 0.4) is 0 Å². The molecule has 0 bridgehead atoms. The summed E-state index contributed by atoms with van der Waals surface area (Å²) >= 11 is 0. The number of aliphatic carboxylic acids is 1. The summed E-state index contributed by atoms with van der Waals surface area (Å²) in [4.78, 5) is 13.0. The second kappa shape index (κ2) is 6.83. The Hall–Kier alpha value is -0.650. The number of nitrogens with zero attached hydrogens (tertiary/aromatic N) is 1. The fourth-order valence-electron chi connectivity index (χ4n) is 2.08. The largest absolute Gasteiger partial charge is 0.481 e. The molecule has 5 heteroatoms. The van der Waals surface area contributed by atoms with Crippen molar-refractivity contribution in [1.29, 1.82) is 0 Å². The molecule has 1 rings (SSSR count). The van der Waals surface area contributed by atoms with E-state index in [9.17, 15) is 4.79 Å². The van der Waals surface area contributed by atoms with E-state index in [1.807, 2.05) is 0 Å². The van der Waals surface area contributed by atoms with E-state index in [-0.39, 0.29) is 12.5 Å². The van der Waals surface area contributed by atoms with Crippen LogP contribution in [0.25, 0.3) is 0 Å². The normalized spacial score (nSPS) is 27.6. The van der Waals surface area contributed by atoms with Gasteiger partial charge >= 0.3 is 5.97 Å². The fourth-order valence-corrected chi connectivity index (χ4v) is 2.08. The smallest absolute Gasteiger partial charge is 0.304 e. The molecule has 0 aromatic carbocycles. The molecule has 0 saturated carbocycles. The minimum absolute atomic E-state index is 0.0480. The Labute approximate surface area is 96.8 Å². The summed E-state index contributed by atoms with van der Waals surface area (Å²) in [6.45, 7) is 5.48. The lowest BCUT2D eigenvalue weighted by Gasteiger charge is -2.23. The second-order valence-corrected chi connectivity index (χ2v) is 4.44. The Morgan fingerprint density at radius 3 is 3.00 bits per heavy atom. The molecule has 94 valence electrons. The highest BCUT2D eigenvalue weighted by molar-refractivity contribution is 5.67. The number of carbonyl (C=O) groups is 1. The van der Waals surface area contributed by atoms with Gasteiger partial charge in [0.25, 0.3) is 0 Å². The van der Waals surface area contributed by atoms with E-state index in [1.165, 1.54) is 0 Å². The number of carboxylic acids is 1. The molecule has 1 heterocycles. The zero-order chi connectivity index (χ0) is 12.0. The van der Waals surface area contributed by atoms with Gasteiger partial charge in [-0.3, -0.25) is 9.69 Å². The molecule has 16 heavy (non-hydrogen) atoms. The lowest BCUT2D eigenvalue weighted by molar-refractivity contribution is -0.137. The summed E-state index contributed by atoms with van der Waals surface area (Å²) < 4.78 is 5.05. The molecule has 0 spiro atoms. The van der Waals surface area contributed by atoms with Crippen LogP contribution in [-0.2, 0) is 9.53 Å². The molecule has 2 unspecified atom stereocenters. The topological polar surface area (TPSA) is 61.8 Å². The molecule has 0 aromatic heterocycles. The van der Waals surface area contributed by atoms with Crippen LogP contribution in [0.5, 0.6) is 0 Å². The van der Waals surface area contributed by atoms with Crippen LogP contribution in [0.15, 0.2) is 0 Å². The monoisotopic (exact) mass is 230 g/mol. The van der Waals surface area contributed by atoms with E-state index in [4.69, 9.17) is 9.84 Å². The van der Waals surface area contributed by atoms with Gasteiger partial charge in [0, 0.05) is 32.3 Å². The van der Waals surface area contributed by atoms with Crippen molar-refractivity contribution in [3.05, 3.63) is 0 Å². The lowest BCUT2D eigenvalue weighted by Crippen LogP contribution is -2.42. The van der Waals surface area contributed by atoms with E-state index >= 15 is 0 Å². The SMILES string of the molecule is COCCN1CCC(C)NC(CC(=O)O)C1. The summed E-state index contributed by atoms with van der Waals surface area (Å²) in [6.07, 6.45) is 1.24. The van der Waals surface area contributed by atoms with Crippen molar-refractivity contribution >= 4 is 5.97 Å². The second-order valence-electron chi connectivity index (χ2n) is 4.44. The number of hydrogen-bond acceptors (Lipinski definition) is 4. The van der Waals surface area contributed by atoms with Crippen molar-refractivity contribution in [2.75, 3.05) is 33.4 Å². The first-order chi connectivity index (χ1) is 7.61. The summed E-state index contributed by atoms with van der Waals surface area (Å²) in [6, 6.07) is 0.434. The number of carboxylic acid groups (broad SMARTS) is 1. The van der Waals surface area contributed by atoms with Crippen LogP contribution in [0.2, 0.25) is 0 Å². The molecule has 5 nitrogen and oxygen atoms in total. The number of methoxy groups -OCH3 is 1. The third-order valence-corrected chi connectivity index (χ3v) is 2.91. The average Bonchev–Trinajstić information content (AvgIpc) is 2.36. The molecule has 2 N–H and O–H groups in total. The van der Waals surface area contributed by atoms with E-state index in [0.717, 1.165) is 26.1 Å². The number of ether oxygens (including phenoxy) is 1. The molecule has 0 aromatic rings. The standard InChI is InChI=1S/C11H22N2O3/c1-9-3-4-13(5-6-16-2)8-10(12-9)7-11(14)15/h9-10,12H,3-8H2,1-2H3,(H,14,15). The molecular weight excluding hydrogens is 208 g/mol. The lowest BCUT2D eigenvalue weighted by atomic mass is 10.2. The molecular formula is C11H22N2O3. The van der Waals surface area contributed by atoms with Gasteiger partial charge in [-0.2, -0.15) is 0 Å². The maximum Gasteiger partial charge on any atom is 0.304 e. The van der Waals surface area contributed by atoms with Crippen molar-refractivity contribution in [2.45, 2.75) is 31.8 Å². The Bertz CT molecular complexity index is 223. The van der Waals surface area contributed by atoms with Gasteiger partial charge in [-0.1, -0.05) is 0 Å². The summed E-state index contributed by atoms with van der Waals surface area (Å²) in [5.41, 5.74) is 0. The first-order valence-corrected chi connectivity index (χ1v) is 5.81. The maximum absolute atomic E-state index is 10.7. The Kier molecular flexibility index (Phi) is 5.73.